The number of nitrogens with two attached hydrogens (primary N) is 2. The molecule has 2 aromatic heterocycles. The van der Waals surface area contributed by atoms with Crippen LogP contribution in [0.5, 0.6) is 0 Å². The van der Waals surface area contributed by atoms with Crippen molar-refractivity contribution in [3.63, 3.8) is 0 Å². The van der Waals surface area contributed by atoms with Gasteiger partial charge in [-0.25, -0.2) is 9.37 Å². The minimum absolute atomic E-state index is 0.0276. The van der Waals surface area contributed by atoms with Crippen LogP contribution in [-0.4, -0.2) is 34.6 Å². The summed E-state index contributed by atoms with van der Waals surface area (Å²) >= 11 is 0. The highest BCUT2D eigenvalue weighted by Crippen LogP contribution is 2.24. The van der Waals surface area contributed by atoms with Crippen LogP contribution >= 0.6 is 0 Å². The second kappa shape index (κ2) is 8.74. The Hall–Kier alpha value is -2.78. The smallest absolute Gasteiger partial charge is 0.252 e. The Labute approximate surface area is 158 Å². The van der Waals surface area contributed by atoms with Crippen LogP contribution < -0.4 is 27.4 Å². The van der Waals surface area contributed by atoms with E-state index in [1.165, 1.54) is 0 Å². The molecule has 27 heavy (non-hydrogen) atoms. The van der Waals surface area contributed by atoms with Crippen molar-refractivity contribution in [2.75, 3.05) is 17.2 Å². The normalized spacial score (nSPS) is 13.1. The minimum atomic E-state index is -0.787. The molecule has 0 saturated carbocycles. The maximum absolute atomic E-state index is 14.4. The van der Waals surface area contributed by atoms with Gasteiger partial charge in [0, 0.05) is 5.69 Å². The van der Waals surface area contributed by atoms with Crippen molar-refractivity contribution in [2.24, 2.45) is 11.5 Å². The maximum Gasteiger partial charge on any atom is 0.252 e. The number of nitrogens with one attached hydrogen (secondary N) is 3. The van der Waals surface area contributed by atoms with E-state index >= 15 is 0 Å². The molecule has 2 atom stereocenters. The lowest BCUT2D eigenvalue weighted by molar-refractivity contribution is 0.100. The van der Waals surface area contributed by atoms with Crippen molar-refractivity contribution in [3.8, 4) is 0 Å². The summed E-state index contributed by atoms with van der Waals surface area (Å²) in [5.74, 6) is -1.37. The van der Waals surface area contributed by atoms with Gasteiger partial charge < -0.3 is 27.4 Å². The fourth-order valence-corrected chi connectivity index (χ4v) is 2.44. The van der Waals surface area contributed by atoms with Crippen molar-refractivity contribution in [3.05, 3.63) is 41.0 Å². The van der Waals surface area contributed by atoms with Crippen LogP contribution in [-0.2, 0) is 0 Å². The van der Waals surface area contributed by atoms with Gasteiger partial charge in [-0.1, -0.05) is 6.92 Å². The van der Waals surface area contributed by atoms with E-state index in [1.54, 1.807) is 13.1 Å². The summed E-state index contributed by atoms with van der Waals surface area (Å²) in [6, 6.07) is 2.61. The largest absolute Gasteiger partial charge is 0.365 e. The molecule has 146 valence electrons. The predicted octanol–water partition coefficient (Wildman–Crippen LogP) is 1.77. The molecule has 1 amide bonds. The Morgan fingerprint density at radius 1 is 1.30 bits per heavy atom. The van der Waals surface area contributed by atoms with Crippen molar-refractivity contribution in [2.45, 2.75) is 39.9 Å². The molecule has 8 nitrogen and oxygen atoms in total. The summed E-state index contributed by atoms with van der Waals surface area (Å²) in [4.78, 5) is 20.2. The van der Waals surface area contributed by atoms with Gasteiger partial charge in [0.15, 0.2) is 11.6 Å². The Morgan fingerprint density at radius 3 is 2.59 bits per heavy atom. The predicted molar refractivity (Wildman–Crippen MR) is 104 cm³/mol. The molecule has 0 aliphatic heterocycles. The number of rotatable bonds is 8. The highest BCUT2D eigenvalue weighted by atomic mass is 19.1. The topological polar surface area (TPSA) is 131 Å². The van der Waals surface area contributed by atoms with Crippen LogP contribution in [0.3, 0.4) is 0 Å². The van der Waals surface area contributed by atoms with Crippen molar-refractivity contribution >= 4 is 23.2 Å². The highest BCUT2D eigenvalue weighted by molar-refractivity contribution is 5.98. The second-order valence-corrected chi connectivity index (χ2v) is 6.35. The number of amides is 1. The van der Waals surface area contributed by atoms with E-state index in [0.29, 0.717) is 12.2 Å². The van der Waals surface area contributed by atoms with Gasteiger partial charge in [0.1, 0.15) is 5.82 Å². The molecule has 7 N–H and O–H groups in total. The van der Waals surface area contributed by atoms with Crippen LogP contribution in [0.25, 0.3) is 0 Å². The van der Waals surface area contributed by atoms with Gasteiger partial charge in [-0.3, -0.25) is 9.78 Å². The van der Waals surface area contributed by atoms with Crippen LogP contribution in [0.15, 0.2) is 18.3 Å². The molecular weight excluding hydrogens is 349 g/mol. The van der Waals surface area contributed by atoms with Gasteiger partial charge in [-0.05, 0) is 45.0 Å². The average molecular weight is 375 g/mol. The van der Waals surface area contributed by atoms with E-state index in [1.807, 2.05) is 26.8 Å². The molecule has 0 aliphatic carbocycles. The number of anilines is 3. The first kappa shape index (κ1) is 20.5. The molecule has 2 rings (SSSR count). The number of nitrogens with zero attached hydrogens (tertiary/aromatic N) is 2. The Kier molecular flexibility index (Phi) is 6.65. The van der Waals surface area contributed by atoms with Gasteiger partial charge in [0.25, 0.3) is 5.91 Å². The van der Waals surface area contributed by atoms with E-state index in [0.717, 1.165) is 17.3 Å². The number of carbonyl (C=O) groups excluding carboxylic acids is 1. The van der Waals surface area contributed by atoms with Gasteiger partial charge in [-0.15, -0.1) is 0 Å². The molecule has 0 fully saturated rings. The number of hydrogen-bond acceptors (Lipinski definition) is 7. The maximum atomic E-state index is 14.4. The van der Waals surface area contributed by atoms with Crippen LogP contribution in [0, 0.1) is 19.7 Å². The van der Waals surface area contributed by atoms with Crippen molar-refractivity contribution in [1.82, 2.24) is 15.3 Å². The highest BCUT2D eigenvalue weighted by Gasteiger charge is 2.19. The van der Waals surface area contributed by atoms with Gasteiger partial charge >= 0.3 is 0 Å². The van der Waals surface area contributed by atoms with E-state index in [9.17, 15) is 9.18 Å². The number of halogens is 1. The van der Waals surface area contributed by atoms with Crippen LogP contribution in [0.4, 0.5) is 21.7 Å². The molecule has 0 radical (unpaired) electrons. The summed E-state index contributed by atoms with van der Waals surface area (Å²) < 4.78 is 14.4. The zero-order chi connectivity index (χ0) is 20.1. The number of pyridine rings is 2. The molecular formula is C18H26FN7O. The van der Waals surface area contributed by atoms with E-state index in [-0.39, 0.29) is 23.2 Å². The SMILES string of the molecule is CCN[C@H](N)[C@@H](C)Nc1nc(Nc2cnc(C)c(C)c2)c(C(N)=O)cc1F. The van der Waals surface area contributed by atoms with Crippen LogP contribution in [0.1, 0.15) is 35.5 Å². The standard InChI is InChI=1S/C18H26FN7O/c1-5-22-15(20)11(4)24-18-14(19)7-13(16(21)27)17(26-18)25-12-6-9(2)10(3)23-8-12/h6-8,11,15,22H,5,20H2,1-4H3,(H2,21,27)(H2,24,25,26)/t11-,15+/m1/s1. The number of likely N-dealkylation sites (N-methyl/N-ethyl adjacent to an activating group) is 1. The minimum Gasteiger partial charge on any atom is -0.365 e. The Bertz CT molecular complexity index is 828. The quantitative estimate of drug-likeness (QED) is 0.444. The first-order chi connectivity index (χ1) is 12.7. The lowest BCUT2D eigenvalue weighted by atomic mass is 10.2. The molecule has 0 saturated heterocycles. The lowest BCUT2D eigenvalue weighted by Gasteiger charge is -2.23. The Morgan fingerprint density at radius 2 is 2.00 bits per heavy atom. The molecule has 9 heteroatoms. The summed E-state index contributed by atoms with van der Waals surface area (Å²) in [5.41, 5.74) is 13.8. The summed E-state index contributed by atoms with van der Waals surface area (Å²) in [6.45, 7) is 8.21. The second-order valence-electron chi connectivity index (χ2n) is 6.35. The third-order valence-electron chi connectivity index (χ3n) is 4.19. The van der Waals surface area contributed by atoms with Gasteiger partial charge in [0.05, 0.1) is 29.7 Å². The third-order valence-corrected chi connectivity index (χ3v) is 4.19. The Balaban J connectivity index is 2.36. The van der Waals surface area contributed by atoms with Crippen molar-refractivity contribution < 1.29 is 9.18 Å². The van der Waals surface area contributed by atoms with Crippen molar-refractivity contribution in [1.29, 1.82) is 0 Å². The number of hydrogen-bond donors (Lipinski definition) is 5. The molecule has 2 heterocycles. The fourth-order valence-electron chi connectivity index (χ4n) is 2.44. The van der Waals surface area contributed by atoms with E-state index in [2.05, 4.69) is 25.9 Å². The molecule has 0 spiro atoms. The fraction of sp³-hybridized carbons (Fsp3) is 0.389. The van der Waals surface area contributed by atoms with Gasteiger partial charge in [0.2, 0.25) is 0 Å². The number of carbonyl (C=O) groups is 1. The first-order valence-corrected chi connectivity index (χ1v) is 8.69. The molecule has 0 aromatic carbocycles. The summed E-state index contributed by atoms with van der Waals surface area (Å²) in [7, 11) is 0. The van der Waals surface area contributed by atoms with E-state index < -0.39 is 17.9 Å². The molecule has 2 aromatic rings. The zero-order valence-corrected chi connectivity index (χ0v) is 15.9. The third kappa shape index (κ3) is 5.11. The molecule has 0 unspecified atom stereocenters. The molecule has 0 bridgehead atoms. The monoisotopic (exact) mass is 375 g/mol. The first-order valence-electron chi connectivity index (χ1n) is 8.69. The van der Waals surface area contributed by atoms with Gasteiger partial charge in [-0.2, -0.15) is 0 Å². The summed E-state index contributed by atoms with van der Waals surface area (Å²) in [6.07, 6.45) is 1.21. The zero-order valence-electron chi connectivity index (χ0n) is 15.9. The summed E-state index contributed by atoms with van der Waals surface area (Å²) in [5, 5.41) is 8.96. The number of aromatic nitrogens is 2. The lowest BCUT2D eigenvalue weighted by Crippen LogP contribution is -2.49. The average Bonchev–Trinajstić information content (AvgIpc) is 2.60. The number of primary amides is 1. The van der Waals surface area contributed by atoms with Crippen LogP contribution in [0.2, 0.25) is 0 Å². The van der Waals surface area contributed by atoms with E-state index in [4.69, 9.17) is 11.5 Å². The number of aryl methyl sites for hydroxylation is 2. The molecule has 0 aliphatic rings.